The van der Waals surface area contributed by atoms with Gasteiger partial charge in [0.15, 0.2) is 0 Å². The van der Waals surface area contributed by atoms with E-state index in [9.17, 15) is 4.79 Å². The second-order valence-corrected chi connectivity index (χ2v) is 4.40. The molecule has 0 aromatic carbocycles. The number of nitrogens with zero attached hydrogens (tertiary/aromatic N) is 2. The molecule has 0 spiro atoms. The van der Waals surface area contributed by atoms with Gasteiger partial charge in [0, 0.05) is 19.6 Å². The fraction of sp³-hybridized carbons (Fsp3) is 0.545. The van der Waals surface area contributed by atoms with E-state index in [4.69, 9.17) is 16.0 Å². The lowest BCUT2D eigenvalue weighted by Crippen LogP contribution is -2.34. The summed E-state index contributed by atoms with van der Waals surface area (Å²) in [6, 6.07) is 1.62. The third kappa shape index (κ3) is 2.39. The van der Waals surface area contributed by atoms with Gasteiger partial charge in [0.1, 0.15) is 0 Å². The summed E-state index contributed by atoms with van der Waals surface area (Å²) in [4.78, 5) is 16.2. The molecule has 0 unspecified atom stereocenters. The molecule has 1 aliphatic rings. The molecule has 2 rings (SSSR count). The number of hydrogen-bond donors (Lipinski definition) is 0. The van der Waals surface area contributed by atoms with Crippen LogP contribution >= 0.6 is 11.6 Å². The quantitative estimate of drug-likeness (QED) is 0.752. The minimum Gasteiger partial charge on any atom is -0.452 e. The molecule has 16 heavy (non-hydrogen) atoms. The summed E-state index contributed by atoms with van der Waals surface area (Å²) >= 11 is 5.80. The van der Waals surface area contributed by atoms with Gasteiger partial charge in [-0.25, -0.2) is 0 Å². The minimum absolute atomic E-state index is 0.0333. The Hall–Kier alpha value is -1.00. The minimum atomic E-state index is -0.0333. The fourth-order valence-corrected chi connectivity index (χ4v) is 2.06. The van der Waals surface area contributed by atoms with Gasteiger partial charge in [-0.3, -0.25) is 4.79 Å². The van der Waals surface area contributed by atoms with Crippen molar-refractivity contribution >= 4 is 17.5 Å². The zero-order valence-electron chi connectivity index (χ0n) is 9.28. The Bertz CT molecular complexity index is 378. The Kier molecular flexibility index (Phi) is 3.51. The first kappa shape index (κ1) is 11.5. The molecule has 1 aromatic heterocycles. The predicted molar refractivity (Wildman–Crippen MR) is 61.7 cm³/mol. The first-order valence-electron chi connectivity index (χ1n) is 5.39. The van der Waals surface area contributed by atoms with Crippen molar-refractivity contribution in [1.82, 2.24) is 9.80 Å². The van der Waals surface area contributed by atoms with Crippen molar-refractivity contribution in [2.45, 2.75) is 6.42 Å². The number of likely N-dealkylation sites (N-methyl/N-ethyl adjacent to an activating group) is 1. The zero-order valence-corrected chi connectivity index (χ0v) is 10.0. The smallest absolute Gasteiger partial charge is 0.258 e. The molecule has 0 aliphatic carbocycles. The highest BCUT2D eigenvalue weighted by atomic mass is 35.5. The Morgan fingerprint density at radius 1 is 1.38 bits per heavy atom. The third-order valence-corrected chi connectivity index (χ3v) is 3.15. The molecule has 0 bridgehead atoms. The van der Waals surface area contributed by atoms with E-state index in [1.807, 2.05) is 4.90 Å². The summed E-state index contributed by atoms with van der Waals surface area (Å²) in [5, 5.41) is 0.183. The third-order valence-electron chi connectivity index (χ3n) is 2.86. The summed E-state index contributed by atoms with van der Waals surface area (Å²) in [5.41, 5.74) is 0.464. The lowest BCUT2D eigenvalue weighted by Gasteiger charge is -2.19. The van der Waals surface area contributed by atoms with Crippen LogP contribution in [0, 0.1) is 0 Å². The number of carbonyl (C=O) groups excluding carboxylic acids is 1. The van der Waals surface area contributed by atoms with E-state index >= 15 is 0 Å². The van der Waals surface area contributed by atoms with E-state index in [1.165, 1.54) is 6.26 Å². The molecule has 88 valence electrons. The van der Waals surface area contributed by atoms with E-state index in [1.54, 1.807) is 6.07 Å². The maximum atomic E-state index is 12.1. The predicted octanol–water partition coefficient (Wildman–Crippen LogP) is 1.71. The molecule has 5 heteroatoms. The Morgan fingerprint density at radius 2 is 2.19 bits per heavy atom. The summed E-state index contributed by atoms with van der Waals surface area (Å²) in [6.45, 7) is 3.46. The molecule has 1 fully saturated rings. The number of furan rings is 1. The Balaban J connectivity index is 2.07. The fourth-order valence-electron chi connectivity index (χ4n) is 1.87. The average molecular weight is 243 g/mol. The summed E-state index contributed by atoms with van der Waals surface area (Å²) < 4.78 is 4.94. The maximum Gasteiger partial charge on any atom is 0.258 e. The average Bonchev–Trinajstić information content (AvgIpc) is 2.56. The highest BCUT2D eigenvalue weighted by Gasteiger charge is 2.22. The molecule has 4 nitrogen and oxygen atoms in total. The molecule has 2 heterocycles. The van der Waals surface area contributed by atoms with E-state index in [-0.39, 0.29) is 11.1 Å². The van der Waals surface area contributed by atoms with E-state index in [0.717, 1.165) is 32.6 Å². The first-order chi connectivity index (χ1) is 7.68. The molecule has 1 aromatic rings. The van der Waals surface area contributed by atoms with Gasteiger partial charge in [0.25, 0.3) is 5.91 Å². The van der Waals surface area contributed by atoms with Crippen molar-refractivity contribution in [1.29, 1.82) is 0 Å². The molecule has 0 saturated carbocycles. The highest BCUT2D eigenvalue weighted by Crippen LogP contribution is 2.19. The molecule has 1 amide bonds. The van der Waals surface area contributed by atoms with Crippen LogP contribution in [0.3, 0.4) is 0 Å². The molecule has 0 radical (unpaired) electrons. The van der Waals surface area contributed by atoms with Gasteiger partial charge in [-0.15, -0.1) is 0 Å². The normalized spacial score (nSPS) is 18.5. The van der Waals surface area contributed by atoms with Gasteiger partial charge in [-0.2, -0.15) is 0 Å². The van der Waals surface area contributed by atoms with Gasteiger partial charge in [0.2, 0.25) is 5.22 Å². The molecule has 1 aliphatic heterocycles. The van der Waals surface area contributed by atoms with Crippen LogP contribution in [0.1, 0.15) is 16.8 Å². The zero-order chi connectivity index (χ0) is 11.5. The molecular formula is C11H15ClN2O2. The van der Waals surface area contributed by atoms with Gasteiger partial charge in [0.05, 0.1) is 11.8 Å². The molecule has 1 saturated heterocycles. The second-order valence-electron chi connectivity index (χ2n) is 4.06. The first-order valence-corrected chi connectivity index (χ1v) is 5.77. The van der Waals surface area contributed by atoms with Crippen LogP contribution in [0.15, 0.2) is 16.7 Å². The number of carbonyl (C=O) groups is 1. The lowest BCUT2D eigenvalue weighted by molar-refractivity contribution is 0.0762. The Morgan fingerprint density at radius 3 is 2.88 bits per heavy atom. The van der Waals surface area contributed by atoms with Crippen LogP contribution in [0.25, 0.3) is 0 Å². The number of hydrogen-bond acceptors (Lipinski definition) is 3. The summed E-state index contributed by atoms with van der Waals surface area (Å²) in [7, 11) is 2.07. The van der Waals surface area contributed by atoms with Crippen molar-refractivity contribution in [2.24, 2.45) is 0 Å². The summed E-state index contributed by atoms with van der Waals surface area (Å²) in [6.07, 6.45) is 2.44. The highest BCUT2D eigenvalue weighted by molar-refractivity contribution is 6.32. The second kappa shape index (κ2) is 4.89. The van der Waals surface area contributed by atoms with Gasteiger partial charge in [-0.1, -0.05) is 0 Å². The topological polar surface area (TPSA) is 36.7 Å². The van der Waals surface area contributed by atoms with Crippen molar-refractivity contribution in [3.05, 3.63) is 23.1 Å². The van der Waals surface area contributed by atoms with Gasteiger partial charge < -0.3 is 14.2 Å². The van der Waals surface area contributed by atoms with E-state index in [2.05, 4.69) is 11.9 Å². The van der Waals surface area contributed by atoms with Crippen LogP contribution < -0.4 is 0 Å². The standard InChI is InChI=1S/C11H15ClN2O2/c1-13-4-2-5-14(7-6-13)11(15)9-3-8-16-10(9)12/h3,8H,2,4-7H2,1H3. The largest absolute Gasteiger partial charge is 0.452 e. The monoisotopic (exact) mass is 242 g/mol. The molecule has 0 atom stereocenters. The van der Waals surface area contributed by atoms with Crippen LogP contribution in [0.2, 0.25) is 5.22 Å². The van der Waals surface area contributed by atoms with E-state index < -0.39 is 0 Å². The lowest BCUT2D eigenvalue weighted by atomic mass is 10.3. The van der Waals surface area contributed by atoms with Crippen LogP contribution in [0.4, 0.5) is 0 Å². The van der Waals surface area contributed by atoms with Crippen LogP contribution in [-0.2, 0) is 0 Å². The number of halogens is 1. The van der Waals surface area contributed by atoms with Crippen LogP contribution in [0.5, 0.6) is 0 Å². The SMILES string of the molecule is CN1CCCN(C(=O)c2ccoc2Cl)CC1. The van der Waals surface area contributed by atoms with Gasteiger partial charge in [-0.05, 0) is 37.7 Å². The maximum absolute atomic E-state index is 12.1. The molecular weight excluding hydrogens is 228 g/mol. The number of rotatable bonds is 1. The summed E-state index contributed by atoms with van der Waals surface area (Å²) in [5.74, 6) is -0.0333. The van der Waals surface area contributed by atoms with Crippen molar-refractivity contribution in [2.75, 3.05) is 33.2 Å². The Labute approximate surface area is 99.8 Å². The van der Waals surface area contributed by atoms with Gasteiger partial charge >= 0.3 is 0 Å². The van der Waals surface area contributed by atoms with Crippen molar-refractivity contribution in [3.63, 3.8) is 0 Å². The van der Waals surface area contributed by atoms with Crippen molar-refractivity contribution < 1.29 is 9.21 Å². The van der Waals surface area contributed by atoms with Crippen molar-refractivity contribution in [3.8, 4) is 0 Å². The van der Waals surface area contributed by atoms with Crippen LogP contribution in [-0.4, -0.2) is 48.9 Å². The van der Waals surface area contributed by atoms with E-state index in [0.29, 0.717) is 5.56 Å². The molecule has 0 N–H and O–H groups in total. The number of amides is 1.